The molecule has 0 spiro atoms. The second-order valence-corrected chi connectivity index (χ2v) is 7.15. The molecule has 0 amide bonds. The van der Waals surface area contributed by atoms with Crippen LogP contribution in [0, 0.1) is 25.7 Å². The Labute approximate surface area is 140 Å². The van der Waals surface area contributed by atoms with Gasteiger partial charge in [0.15, 0.2) is 5.96 Å². The standard InChI is InChI=1S/C18H31N5/c1-5-19-18(20-10-17-13(2)21-22(4)14(17)3)23-11-15-8-6-7-9-16(15)12-23/h15-16H,5-12H2,1-4H3,(H,19,20). The van der Waals surface area contributed by atoms with Crippen molar-refractivity contribution in [2.75, 3.05) is 19.6 Å². The molecule has 0 bridgehead atoms. The first kappa shape index (κ1) is 16.3. The fourth-order valence-electron chi connectivity index (χ4n) is 4.20. The van der Waals surface area contributed by atoms with Crippen molar-refractivity contribution in [2.24, 2.45) is 23.9 Å². The first-order valence-corrected chi connectivity index (χ1v) is 9.12. The van der Waals surface area contributed by atoms with Gasteiger partial charge in [-0.15, -0.1) is 0 Å². The Morgan fingerprint density at radius 2 is 1.87 bits per heavy atom. The maximum Gasteiger partial charge on any atom is 0.194 e. The summed E-state index contributed by atoms with van der Waals surface area (Å²) in [5.41, 5.74) is 3.58. The highest BCUT2D eigenvalue weighted by atomic mass is 15.3. The summed E-state index contributed by atoms with van der Waals surface area (Å²) < 4.78 is 1.96. The van der Waals surface area contributed by atoms with Crippen LogP contribution < -0.4 is 5.32 Å². The van der Waals surface area contributed by atoms with E-state index >= 15 is 0 Å². The SMILES string of the molecule is CCNC(=NCc1c(C)nn(C)c1C)N1CC2CCCCC2C1. The molecule has 1 aromatic heterocycles. The molecular formula is C18H31N5. The minimum atomic E-state index is 0.722. The van der Waals surface area contributed by atoms with E-state index < -0.39 is 0 Å². The zero-order valence-electron chi connectivity index (χ0n) is 15.1. The summed E-state index contributed by atoms with van der Waals surface area (Å²) in [7, 11) is 2.01. The minimum absolute atomic E-state index is 0.722. The molecule has 1 saturated carbocycles. The highest BCUT2D eigenvalue weighted by molar-refractivity contribution is 5.80. The molecule has 2 unspecified atom stereocenters. The van der Waals surface area contributed by atoms with E-state index in [1.807, 2.05) is 11.7 Å². The first-order chi connectivity index (χ1) is 11.1. The summed E-state index contributed by atoms with van der Waals surface area (Å²) >= 11 is 0. The normalized spacial score (nSPS) is 24.9. The van der Waals surface area contributed by atoms with Gasteiger partial charge in [0.1, 0.15) is 0 Å². The number of fused-ring (bicyclic) bond motifs is 1. The molecule has 0 aromatic carbocycles. The Bertz CT molecular complexity index is 560. The third kappa shape index (κ3) is 3.38. The number of aliphatic imine (C=N–C) groups is 1. The summed E-state index contributed by atoms with van der Waals surface area (Å²) in [5.74, 6) is 2.86. The van der Waals surface area contributed by atoms with Gasteiger partial charge in [-0.3, -0.25) is 4.68 Å². The average molecular weight is 317 g/mol. The van der Waals surface area contributed by atoms with Gasteiger partial charge in [0.05, 0.1) is 12.2 Å². The maximum absolute atomic E-state index is 4.94. The highest BCUT2D eigenvalue weighted by Gasteiger charge is 2.35. The van der Waals surface area contributed by atoms with Crippen molar-refractivity contribution in [1.29, 1.82) is 0 Å². The van der Waals surface area contributed by atoms with Crippen LogP contribution in [0.25, 0.3) is 0 Å². The Morgan fingerprint density at radius 3 is 2.39 bits per heavy atom. The molecule has 1 aliphatic carbocycles. The van der Waals surface area contributed by atoms with Gasteiger partial charge in [-0.1, -0.05) is 12.8 Å². The molecule has 1 saturated heterocycles. The molecule has 2 heterocycles. The summed E-state index contributed by atoms with van der Waals surface area (Å²) in [6, 6.07) is 0. The summed E-state index contributed by atoms with van der Waals surface area (Å²) in [4.78, 5) is 7.43. The van der Waals surface area contributed by atoms with Gasteiger partial charge in [0.25, 0.3) is 0 Å². The largest absolute Gasteiger partial charge is 0.357 e. The quantitative estimate of drug-likeness (QED) is 0.688. The molecule has 2 aliphatic rings. The lowest BCUT2D eigenvalue weighted by Gasteiger charge is -2.22. The minimum Gasteiger partial charge on any atom is -0.357 e. The number of guanidine groups is 1. The summed E-state index contributed by atoms with van der Waals surface area (Å²) in [6.07, 6.45) is 5.64. The van der Waals surface area contributed by atoms with E-state index in [4.69, 9.17) is 4.99 Å². The highest BCUT2D eigenvalue weighted by Crippen LogP contribution is 2.36. The van der Waals surface area contributed by atoms with Crippen molar-refractivity contribution in [2.45, 2.75) is 53.0 Å². The van der Waals surface area contributed by atoms with E-state index in [-0.39, 0.29) is 0 Å². The summed E-state index contributed by atoms with van der Waals surface area (Å²) in [5, 5.41) is 8.00. The van der Waals surface area contributed by atoms with E-state index in [9.17, 15) is 0 Å². The lowest BCUT2D eigenvalue weighted by molar-refractivity contribution is 0.299. The molecule has 2 atom stereocenters. The van der Waals surface area contributed by atoms with Crippen molar-refractivity contribution in [3.05, 3.63) is 17.0 Å². The van der Waals surface area contributed by atoms with Crippen LogP contribution in [-0.2, 0) is 13.6 Å². The number of aryl methyl sites for hydroxylation is 2. The van der Waals surface area contributed by atoms with Gasteiger partial charge in [0, 0.05) is 37.9 Å². The van der Waals surface area contributed by atoms with Crippen LogP contribution in [0.15, 0.2) is 4.99 Å². The summed E-state index contributed by atoms with van der Waals surface area (Å²) in [6.45, 7) is 10.4. The van der Waals surface area contributed by atoms with E-state index in [0.717, 1.165) is 36.6 Å². The average Bonchev–Trinajstić information content (AvgIpc) is 3.06. The van der Waals surface area contributed by atoms with Crippen LogP contribution >= 0.6 is 0 Å². The van der Waals surface area contributed by atoms with Crippen molar-refractivity contribution in [3.8, 4) is 0 Å². The molecule has 0 radical (unpaired) electrons. The molecule has 5 heteroatoms. The molecule has 1 N–H and O–H groups in total. The predicted octanol–water partition coefficient (Wildman–Crippen LogP) is 2.62. The van der Waals surface area contributed by atoms with Crippen molar-refractivity contribution >= 4 is 5.96 Å². The number of rotatable bonds is 3. The van der Waals surface area contributed by atoms with E-state index in [1.54, 1.807) is 0 Å². The number of nitrogens with one attached hydrogen (secondary N) is 1. The molecule has 23 heavy (non-hydrogen) atoms. The van der Waals surface area contributed by atoms with Gasteiger partial charge in [0.2, 0.25) is 0 Å². The molecular weight excluding hydrogens is 286 g/mol. The fraction of sp³-hybridized carbons (Fsp3) is 0.778. The zero-order chi connectivity index (χ0) is 16.4. The lowest BCUT2D eigenvalue weighted by Crippen LogP contribution is -2.40. The van der Waals surface area contributed by atoms with Gasteiger partial charge in [-0.2, -0.15) is 5.10 Å². The lowest BCUT2D eigenvalue weighted by atomic mass is 9.82. The maximum atomic E-state index is 4.94. The molecule has 5 nitrogen and oxygen atoms in total. The molecule has 2 fully saturated rings. The second kappa shape index (κ2) is 6.93. The van der Waals surface area contributed by atoms with Crippen molar-refractivity contribution in [3.63, 3.8) is 0 Å². The smallest absolute Gasteiger partial charge is 0.194 e. The number of aromatic nitrogens is 2. The monoisotopic (exact) mass is 317 g/mol. The van der Waals surface area contributed by atoms with E-state index in [2.05, 4.69) is 36.1 Å². The Balaban J connectivity index is 1.73. The van der Waals surface area contributed by atoms with Crippen molar-refractivity contribution < 1.29 is 0 Å². The molecule has 128 valence electrons. The van der Waals surface area contributed by atoms with Gasteiger partial charge >= 0.3 is 0 Å². The Kier molecular flexibility index (Phi) is 4.93. The van der Waals surface area contributed by atoms with Crippen LogP contribution in [0.3, 0.4) is 0 Å². The first-order valence-electron chi connectivity index (χ1n) is 9.12. The molecule has 3 rings (SSSR count). The molecule has 1 aliphatic heterocycles. The van der Waals surface area contributed by atoms with Crippen LogP contribution in [0.5, 0.6) is 0 Å². The predicted molar refractivity (Wildman–Crippen MR) is 94.5 cm³/mol. The number of hydrogen-bond donors (Lipinski definition) is 1. The number of nitrogens with zero attached hydrogens (tertiary/aromatic N) is 4. The van der Waals surface area contributed by atoms with Gasteiger partial charge in [-0.25, -0.2) is 4.99 Å². The van der Waals surface area contributed by atoms with E-state index in [1.165, 1.54) is 50.0 Å². The van der Waals surface area contributed by atoms with Gasteiger partial charge < -0.3 is 10.2 Å². The number of likely N-dealkylation sites (tertiary alicyclic amines) is 1. The van der Waals surface area contributed by atoms with Crippen LogP contribution in [0.4, 0.5) is 0 Å². The fourth-order valence-corrected chi connectivity index (χ4v) is 4.20. The zero-order valence-corrected chi connectivity index (χ0v) is 15.1. The third-order valence-corrected chi connectivity index (χ3v) is 5.66. The van der Waals surface area contributed by atoms with Crippen LogP contribution in [0.2, 0.25) is 0 Å². The Morgan fingerprint density at radius 1 is 1.22 bits per heavy atom. The number of hydrogen-bond acceptors (Lipinski definition) is 2. The van der Waals surface area contributed by atoms with Crippen LogP contribution in [0.1, 0.15) is 49.6 Å². The van der Waals surface area contributed by atoms with Crippen molar-refractivity contribution in [1.82, 2.24) is 20.0 Å². The van der Waals surface area contributed by atoms with E-state index in [0.29, 0.717) is 0 Å². The topological polar surface area (TPSA) is 45.5 Å². The van der Waals surface area contributed by atoms with Gasteiger partial charge in [-0.05, 0) is 45.4 Å². The second-order valence-electron chi connectivity index (χ2n) is 7.15. The Hall–Kier alpha value is -1.52. The third-order valence-electron chi connectivity index (χ3n) is 5.66. The molecule has 1 aromatic rings. The van der Waals surface area contributed by atoms with Crippen LogP contribution in [-0.4, -0.2) is 40.3 Å².